The molecule has 0 heterocycles. The second kappa shape index (κ2) is 20.2. The lowest BCUT2D eigenvalue weighted by molar-refractivity contribution is 0.0420. The molecule has 0 bridgehead atoms. The maximum Gasteiger partial charge on any atom is 0.339 e. The van der Waals surface area contributed by atoms with E-state index >= 15 is 0 Å². The summed E-state index contributed by atoms with van der Waals surface area (Å²) in [5.41, 5.74) is 2.36. The third-order valence-electron chi connectivity index (χ3n) is 7.42. The molecule has 1 aromatic carbocycles. The van der Waals surface area contributed by atoms with Crippen molar-refractivity contribution in [1.29, 1.82) is 0 Å². The first-order chi connectivity index (χ1) is 17.5. The van der Waals surface area contributed by atoms with E-state index in [2.05, 4.69) is 27.7 Å². The van der Waals surface area contributed by atoms with Crippen molar-refractivity contribution in [3.63, 3.8) is 0 Å². The van der Waals surface area contributed by atoms with E-state index in [1.54, 1.807) is 6.07 Å². The number of carbonyl (C=O) groups excluding carboxylic acids is 1. The molecule has 0 aliphatic heterocycles. The van der Waals surface area contributed by atoms with Crippen LogP contribution in [0.1, 0.15) is 162 Å². The highest BCUT2D eigenvalue weighted by atomic mass is 16.5. The molecular weight excluding hydrogens is 448 g/mol. The Hall–Kier alpha value is -1.84. The molecule has 4 heteroatoms. The summed E-state index contributed by atoms with van der Waals surface area (Å²) in [5, 5.41) is 10.2. The van der Waals surface area contributed by atoms with Crippen LogP contribution in [0.5, 0.6) is 0 Å². The molecule has 1 aromatic rings. The van der Waals surface area contributed by atoms with Crippen LogP contribution in [0.2, 0.25) is 0 Å². The third kappa shape index (κ3) is 12.4. The Morgan fingerprint density at radius 1 is 0.750 bits per heavy atom. The maximum atomic E-state index is 13.1. The number of hydrogen-bond acceptors (Lipinski definition) is 3. The minimum absolute atomic E-state index is 0.179. The highest BCUT2D eigenvalue weighted by Gasteiger charge is 2.24. The minimum Gasteiger partial charge on any atom is -0.478 e. The van der Waals surface area contributed by atoms with Crippen LogP contribution in [0, 0.1) is 5.92 Å². The van der Waals surface area contributed by atoms with Crippen LogP contribution in [-0.2, 0) is 17.6 Å². The number of aromatic carboxylic acids is 1. The van der Waals surface area contributed by atoms with Gasteiger partial charge in [0.15, 0.2) is 0 Å². The zero-order valence-corrected chi connectivity index (χ0v) is 23.8. The van der Waals surface area contributed by atoms with Gasteiger partial charge in [-0.05, 0) is 55.2 Å². The number of aryl methyl sites for hydroxylation is 1. The molecule has 36 heavy (non-hydrogen) atoms. The van der Waals surface area contributed by atoms with Gasteiger partial charge in [-0.25, -0.2) is 9.59 Å². The predicted octanol–water partition coefficient (Wildman–Crippen LogP) is 9.56. The molecule has 0 amide bonds. The van der Waals surface area contributed by atoms with Crippen molar-refractivity contribution in [3.05, 3.63) is 34.4 Å². The van der Waals surface area contributed by atoms with Gasteiger partial charge in [0.25, 0.3) is 0 Å². The normalized spacial score (nSPS) is 12.0. The second-order valence-corrected chi connectivity index (χ2v) is 10.5. The Morgan fingerprint density at radius 2 is 1.31 bits per heavy atom. The Bertz CT molecular complexity index is 740. The lowest BCUT2D eigenvalue weighted by atomic mass is 9.89. The lowest BCUT2D eigenvalue weighted by Gasteiger charge is -2.18. The molecule has 0 radical (unpaired) electrons. The van der Waals surface area contributed by atoms with E-state index in [9.17, 15) is 14.7 Å². The summed E-state index contributed by atoms with van der Waals surface area (Å²) in [6.07, 6.45) is 20.0. The standard InChI is InChI=1S/C32H54O4/c1-5-9-12-14-16-18-21-27-23-24-29(32(35)36-25-26(8-4)20-11-7-3)30(31(33)34)28(27)22-19-17-15-13-10-6-2/h23-24,26H,5-22,25H2,1-4H3,(H,33,34). The van der Waals surface area contributed by atoms with Crippen LogP contribution in [0.15, 0.2) is 12.1 Å². The summed E-state index contributed by atoms with van der Waals surface area (Å²) in [7, 11) is 0. The van der Waals surface area contributed by atoms with Crippen molar-refractivity contribution in [2.45, 2.75) is 143 Å². The molecule has 0 aliphatic rings. The van der Waals surface area contributed by atoms with Gasteiger partial charge in [0, 0.05) is 0 Å². The largest absolute Gasteiger partial charge is 0.478 e. The number of benzene rings is 1. The Balaban J connectivity index is 3.02. The Morgan fingerprint density at radius 3 is 1.86 bits per heavy atom. The smallest absolute Gasteiger partial charge is 0.339 e. The molecule has 1 rings (SSSR count). The monoisotopic (exact) mass is 502 g/mol. The first kappa shape index (κ1) is 32.2. The summed E-state index contributed by atoms with van der Waals surface area (Å²) in [5.74, 6) is -1.17. The average Bonchev–Trinajstić information content (AvgIpc) is 2.88. The summed E-state index contributed by atoms with van der Waals surface area (Å²) in [4.78, 5) is 25.5. The van der Waals surface area contributed by atoms with Crippen LogP contribution in [0.3, 0.4) is 0 Å². The van der Waals surface area contributed by atoms with Crippen LogP contribution < -0.4 is 0 Å². The molecule has 0 aromatic heterocycles. The van der Waals surface area contributed by atoms with Crippen molar-refractivity contribution in [1.82, 2.24) is 0 Å². The van der Waals surface area contributed by atoms with Crippen molar-refractivity contribution in [3.8, 4) is 0 Å². The van der Waals surface area contributed by atoms with Gasteiger partial charge in [-0.1, -0.05) is 117 Å². The molecular formula is C32H54O4. The van der Waals surface area contributed by atoms with Gasteiger partial charge in [-0.2, -0.15) is 0 Å². The molecule has 1 N–H and O–H groups in total. The summed E-state index contributed by atoms with van der Waals surface area (Å²) in [6.45, 7) is 9.08. The number of carbonyl (C=O) groups is 2. The van der Waals surface area contributed by atoms with E-state index in [1.807, 2.05) is 6.07 Å². The molecule has 0 aliphatic carbocycles. The van der Waals surface area contributed by atoms with E-state index in [-0.39, 0.29) is 11.1 Å². The van der Waals surface area contributed by atoms with Crippen molar-refractivity contribution in [2.24, 2.45) is 5.92 Å². The van der Waals surface area contributed by atoms with E-state index < -0.39 is 11.9 Å². The first-order valence-electron chi connectivity index (χ1n) is 15.0. The van der Waals surface area contributed by atoms with E-state index in [0.717, 1.165) is 62.5 Å². The average molecular weight is 503 g/mol. The van der Waals surface area contributed by atoms with Crippen LogP contribution >= 0.6 is 0 Å². The first-order valence-corrected chi connectivity index (χ1v) is 15.0. The van der Waals surface area contributed by atoms with Gasteiger partial charge in [0.05, 0.1) is 17.7 Å². The van der Waals surface area contributed by atoms with Crippen molar-refractivity contribution >= 4 is 11.9 Å². The quantitative estimate of drug-likeness (QED) is 0.127. The predicted molar refractivity (Wildman–Crippen MR) is 151 cm³/mol. The van der Waals surface area contributed by atoms with Gasteiger partial charge in [0.2, 0.25) is 0 Å². The van der Waals surface area contributed by atoms with Gasteiger partial charge in [-0.15, -0.1) is 0 Å². The number of esters is 1. The number of carboxylic acid groups (broad SMARTS) is 1. The highest BCUT2D eigenvalue weighted by molar-refractivity contribution is 6.03. The number of carboxylic acids is 1. The number of hydrogen-bond donors (Lipinski definition) is 1. The number of ether oxygens (including phenoxy) is 1. The maximum absolute atomic E-state index is 13.1. The highest BCUT2D eigenvalue weighted by Crippen LogP contribution is 2.26. The van der Waals surface area contributed by atoms with Crippen LogP contribution in [-0.4, -0.2) is 23.7 Å². The topological polar surface area (TPSA) is 63.6 Å². The van der Waals surface area contributed by atoms with E-state index in [1.165, 1.54) is 57.8 Å². The molecule has 4 nitrogen and oxygen atoms in total. The molecule has 0 spiro atoms. The van der Waals surface area contributed by atoms with Gasteiger partial charge in [0.1, 0.15) is 0 Å². The number of rotatable bonds is 22. The van der Waals surface area contributed by atoms with E-state index in [4.69, 9.17) is 4.74 Å². The van der Waals surface area contributed by atoms with Crippen molar-refractivity contribution in [2.75, 3.05) is 6.61 Å². The molecule has 0 saturated carbocycles. The molecule has 0 saturated heterocycles. The van der Waals surface area contributed by atoms with Crippen molar-refractivity contribution < 1.29 is 19.4 Å². The molecule has 1 atom stereocenters. The minimum atomic E-state index is -1.01. The zero-order chi connectivity index (χ0) is 26.6. The summed E-state index contributed by atoms with van der Waals surface area (Å²) in [6, 6.07) is 3.70. The zero-order valence-electron chi connectivity index (χ0n) is 23.8. The molecule has 206 valence electrons. The fourth-order valence-corrected chi connectivity index (χ4v) is 4.97. The lowest BCUT2D eigenvalue weighted by Crippen LogP contribution is -2.19. The summed E-state index contributed by atoms with van der Waals surface area (Å²) < 4.78 is 5.67. The number of unbranched alkanes of at least 4 members (excludes halogenated alkanes) is 11. The van der Waals surface area contributed by atoms with Gasteiger partial charge >= 0.3 is 11.9 Å². The van der Waals surface area contributed by atoms with E-state index in [0.29, 0.717) is 18.9 Å². The Kier molecular flexibility index (Phi) is 18.1. The summed E-state index contributed by atoms with van der Waals surface area (Å²) >= 11 is 0. The van der Waals surface area contributed by atoms with Crippen LogP contribution in [0.25, 0.3) is 0 Å². The molecule has 1 unspecified atom stereocenters. The SMILES string of the molecule is CCCCCCCCc1ccc(C(=O)OCC(CC)CCCC)c(C(=O)O)c1CCCCCCCC. The fraction of sp³-hybridized carbons (Fsp3) is 0.750. The Labute approximate surface area is 221 Å². The van der Waals surface area contributed by atoms with Gasteiger partial charge in [-0.3, -0.25) is 0 Å². The fourth-order valence-electron chi connectivity index (χ4n) is 4.97. The van der Waals surface area contributed by atoms with Crippen LogP contribution in [0.4, 0.5) is 0 Å². The van der Waals surface area contributed by atoms with Gasteiger partial charge < -0.3 is 9.84 Å². The molecule has 0 fully saturated rings. The second-order valence-electron chi connectivity index (χ2n) is 10.5. The third-order valence-corrected chi connectivity index (χ3v) is 7.42.